The molecule has 0 aliphatic heterocycles. The molecule has 2 heterocycles. The van der Waals surface area contributed by atoms with Crippen molar-refractivity contribution < 1.29 is 4.79 Å². The van der Waals surface area contributed by atoms with E-state index in [-0.39, 0.29) is 24.1 Å². The summed E-state index contributed by atoms with van der Waals surface area (Å²) in [6.45, 7) is 8.28. The second kappa shape index (κ2) is 6.36. The first-order valence-electron chi connectivity index (χ1n) is 6.87. The highest BCUT2D eigenvalue weighted by Crippen LogP contribution is 2.25. The molecule has 0 aromatic carbocycles. The highest BCUT2D eigenvalue weighted by Gasteiger charge is 2.11. The number of nitrogens with one attached hydrogen (secondary N) is 3. The molecule has 0 radical (unpaired) electrons. The number of carbonyl (C=O) groups excluding carboxylic acids is 1. The Morgan fingerprint density at radius 1 is 1.38 bits per heavy atom. The van der Waals surface area contributed by atoms with Gasteiger partial charge in [-0.2, -0.15) is 0 Å². The number of thiophene rings is 1. The first-order chi connectivity index (χ1) is 9.88. The fourth-order valence-electron chi connectivity index (χ4n) is 2.05. The van der Waals surface area contributed by atoms with Crippen LogP contribution in [0.25, 0.3) is 10.2 Å². The van der Waals surface area contributed by atoms with Gasteiger partial charge in [-0.05, 0) is 33.3 Å². The monoisotopic (exact) mass is 308 g/mol. The molecule has 0 aliphatic carbocycles. The van der Waals surface area contributed by atoms with Gasteiger partial charge in [-0.3, -0.25) is 9.59 Å². The molecule has 7 heteroatoms. The third-order valence-corrected chi connectivity index (χ3v) is 4.22. The Hall–Kier alpha value is -1.73. The Balaban J connectivity index is 2.07. The van der Waals surface area contributed by atoms with Gasteiger partial charge in [0.1, 0.15) is 10.7 Å². The summed E-state index contributed by atoms with van der Waals surface area (Å²) in [5, 5.41) is 6.43. The Morgan fingerprint density at radius 3 is 2.76 bits per heavy atom. The molecule has 3 N–H and O–H groups in total. The van der Waals surface area contributed by atoms with Crippen molar-refractivity contribution in [2.45, 2.75) is 40.3 Å². The molecule has 2 rings (SSSR count). The molecule has 2 aromatic rings. The van der Waals surface area contributed by atoms with E-state index in [0.29, 0.717) is 17.8 Å². The minimum atomic E-state index is -0.120. The van der Waals surface area contributed by atoms with E-state index in [1.165, 1.54) is 11.3 Å². The van der Waals surface area contributed by atoms with Crippen LogP contribution in [0.15, 0.2) is 4.79 Å². The third-order valence-electron chi connectivity index (χ3n) is 3.12. The van der Waals surface area contributed by atoms with Crippen molar-refractivity contribution >= 4 is 27.5 Å². The smallest absolute Gasteiger partial charge is 0.259 e. The second-order valence-electron chi connectivity index (χ2n) is 5.30. The average molecular weight is 308 g/mol. The predicted octanol–water partition coefficient (Wildman–Crippen LogP) is 1.22. The number of aromatic amines is 1. The average Bonchev–Trinajstić information content (AvgIpc) is 2.64. The van der Waals surface area contributed by atoms with Crippen LogP contribution in [0.4, 0.5) is 0 Å². The molecule has 2 aromatic heterocycles. The topological polar surface area (TPSA) is 86.9 Å². The standard InChI is InChI=1S/C14H20N4O2S/c1-7(2)16-11(19)6-15-5-10-17-13(20)12-8(3)9(4)21-14(12)18-10/h7,15H,5-6H2,1-4H3,(H,16,19)(H,17,18,20). The van der Waals surface area contributed by atoms with Crippen molar-refractivity contribution in [2.24, 2.45) is 0 Å². The van der Waals surface area contributed by atoms with E-state index in [2.05, 4.69) is 20.6 Å². The molecule has 114 valence electrons. The largest absolute Gasteiger partial charge is 0.353 e. The summed E-state index contributed by atoms with van der Waals surface area (Å²) < 4.78 is 0. The van der Waals surface area contributed by atoms with Crippen LogP contribution in [0.3, 0.4) is 0 Å². The maximum absolute atomic E-state index is 12.1. The van der Waals surface area contributed by atoms with Crippen LogP contribution in [0.2, 0.25) is 0 Å². The third kappa shape index (κ3) is 3.68. The highest BCUT2D eigenvalue weighted by molar-refractivity contribution is 7.18. The van der Waals surface area contributed by atoms with Crippen molar-refractivity contribution in [1.82, 2.24) is 20.6 Å². The van der Waals surface area contributed by atoms with Gasteiger partial charge in [0.05, 0.1) is 18.5 Å². The van der Waals surface area contributed by atoms with E-state index in [1.54, 1.807) is 0 Å². The number of rotatable bonds is 5. The number of amides is 1. The molecule has 0 bridgehead atoms. The van der Waals surface area contributed by atoms with Crippen LogP contribution in [-0.2, 0) is 11.3 Å². The first-order valence-corrected chi connectivity index (χ1v) is 7.69. The van der Waals surface area contributed by atoms with Gasteiger partial charge in [0.2, 0.25) is 5.91 Å². The maximum Gasteiger partial charge on any atom is 0.259 e. The van der Waals surface area contributed by atoms with Crippen molar-refractivity contribution in [2.75, 3.05) is 6.54 Å². The number of aromatic nitrogens is 2. The lowest BCUT2D eigenvalue weighted by atomic mass is 10.2. The van der Waals surface area contributed by atoms with Crippen LogP contribution >= 0.6 is 11.3 Å². The Morgan fingerprint density at radius 2 is 2.10 bits per heavy atom. The molecular formula is C14H20N4O2S. The zero-order valence-corrected chi connectivity index (χ0v) is 13.5. The van der Waals surface area contributed by atoms with Gasteiger partial charge in [-0.15, -0.1) is 11.3 Å². The van der Waals surface area contributed by atoms with E-state index < -0.39 is 0 Å². The molecule has 0 saturated carbocycles. The van der Waals surface area contributed by atoms with Crippen LogP contribution in [0, 0.1) is 13.8 Å². The highest BCUT2D eigenvalue weighted by atomic mass is 32.1. The Labute approximate surface area is 127 Å². The summed E-state index contributed by atoms with van der Waals surface area (Å²) in [6.07, 6.45) is 0. The lowest BCUT2D eigenvalue weighted by Gasteiger charge is -2.08. The molecular weight excluding hydrogens is 288 g/mol. The van der Waals surface area contributed by atoms with E-state index in [4.69, 9.17) is 0 Å². The number of H-pyrrole nitrogens is 1. The quantitative estimate of drug-likeness (QED) is 0.775. The molecule has 6 nitrogen and oxygen atoms in total. The van der Waals surface area contributed by atoms with Crippen molar-refractivity contribution in [3.05, 3.63) is 26.6 Å². The summed E-state index contributed by atoms with van der Waals surface area (Å²) >= 11 is 1.52. The summed E-state index contributed by atoms with van der Waals surface area (Å²) in [6, 6.07) is 0.116. The zero-order chi connectivity index (χ0) is 15.6. The van der Waals surface area contributed by atoms with Gasteiger partial charge >= 0.3 is 0 Å². The number of hydrogen-bond acceptors (Lipinski definition) is 5. The first kappa shape index (κ1) is 15.7. The lowest BCUT2D eigenvalue weighted by molar-refractivity contribution is -0.120. The minimum Gasteiger partial charge on any atom is -0.353 e. The summed E-state index contributed by atoms with van der Waals surface area (Å²) in [7, 11) is 0. The molecule has 0 unspecified atom stereocenters. The summed E-state index contributed by atoms with van der Waals surface area (Å²) in [5.74, 6) is 0.474. The Kier molecular flexibility index (Phi) is 4.74. The second-order valence-corrected chi connectivity index (χ2v) is 6.50. The number of fused-ring (bicyclic) bond motifs is 1. The van der Waals surface area contributed by atoms with Crippen LogP contribution in [0.5, 0.6) is 0 Å². The normalized spacial score (nSPS) is 11.3. The minimum absolute atomic E-state index is 0.0729. The molecule has 1 amide bonds. The Bertz CT molecular complexity index is 718. The van der Waals surface area contributed by atoms with Crippen molar-refractivity contribution in [1.29, 1.82) is 0 Å². The van der Waals surface area contributed by atoms with Gasteiger partial charge in [0, 0.05) is 10.9 Å². The summed E-state index contributed by atoms with van der Waals surface area (Å²) in [4.78, 5) is 32.6. The number of hydrogen-bond donors (Lipinski definition) is 3. The predicted molar refractivity (Wildman–Crippen MR) is 84.7 cm³/mol. The van der Waals surface area contributed by atoms with Crippen LogP contribution in [-0.4, -0.2) is 28.5 Å². The van der Waals surface area contributed by atoms with Gasteiger partial charge in [-0.25, -0.2) is 4.98 Å². The lowest BCUT2D eigenvalue weighted by Crippen LogP contribution is -2.37. The van der Waals surface area contributed by atoms with Gasteiger partial charge in [0.15, 0.2) is 0 Å². The van der Waals surface area contributed by atoms with E-state index in [1.807, 2.05) is 27.7 Å². The van der Waals surface area contributed by atoms with Gasteiger partial charge in [0.25, 0.3) is 5.56 Å². The van der Waals surface area contributed by atoms with Crippen molar-refractivity contribution in [3.63, 3.8) is 0 Å². The maximum atomic E-state index is 12.1. The number of carbonyl (C=O) groups is 1. The SMILES string of the molecule is Cc1sc2nc(CNCC(=O)NC(C)C)[nH]c(=O)c2c1C. The number of nitrogens with zero attached hydrogens (tertiary/aromatic N) is 1. The molecule has 0 spiro atoms. The van der Waals surface area contributed by atoms with Crippen LogP contribution < -0.4 is 16.2 Å². The number of aryl methyl sites for hydroxylation is 2. The molecule has 21 heavy (non-hydrogen) atoms. The summed E-state index contributed by atoms with van der Waals surface area (Å²) in [5.41, 5.74) is 0.866. The molecule has 0 atom stereocenters. The zero-order valence-electron chi connectivity index (χ0n) is 12.7. The molecule has 0 fully saturated rings. The fourth-order valence-corrected chi connectivity index (χ4v) is 3.10. The fraction of sp³-hybridized carbons (Fsp3) is 0.500. The van der Waals surface area contributed by atoms with Gasteiger partial charge in [-0.1, -0.05) is 0 Å². The van der Waals surface area contributed by atoms with E-state index in [0.717, 1.165) is 15.3 Å². The van der Waals surface area contributed by atoms with Crippen molar-refractivity contribution in [3.8, 4) is 0 Å². The van der Waals surface area contributed by atoms with E-state index in [9.17, 15) is 9.59 Å². The van der Waals surface area contributed by atoms with E-state index >= 15 is 0 Å². The van der Waals surface area contributed by atoms with Crippen LogP contribution in [0.1, 0.15) is 30.1 Å². The van der Waals surface area contributed by atoms with Gasteiger partial charge < -0.3 is 15.6 Å². The molecule has 0 aliphatic rings. The molecule has 0 saturated heterocycles.